The van der Waals surface area contributed by atoms with Crippen molar-refractivity contribution in [2.45, 2.75) is 32.9 Å². The lowest BCUT2D eigenvalue weighted by Gasteiger charge is -2.22. The third kappa shape index (κ3) is 3.74. The van der Waals surface area contributed by atoms with Gasteiger partial charge in [-0.15, -0.1) is 0 Å². The third-order valence-electron chi connectivity index (χ3n) is 3.17. The second-order valence-electron chi connectivity index (χ2n) is 4.77. The van der Waals surface area contributed by atoms with E-state index in [1.165, 1.54) is 0 Å². The molecule has 1 rings (SSSR count). The minimum Gasteiger partial charge on any atom is -0.325 e. The highest BCUT2D eigenvalue weighted by molar-refractivity contribution is 5.89. The normalized spacial score (nSPS) is 12.3. The zero-order valence-electron chi connectivity index (χ0n) is 11.8. The maximum atomic E-state index is 11.9. The smallest absolute Gasteiger partial charge is 0.321 e. The number of benzene rings is 1. The fourth-order valence-electron chi connectivity index (χ4n) is 1.50. The first-order valence-corrected chi connectivity index (χ1v) is 6.26. The van der Waals surface area contributed by atoms with Crippen LogP contribution in [0, 0.1) is 0 Å². The summed E-state index contributed by atoms with van der Waals surface area (Å²) >= 11 is 0. The van der Waals surface area contributed by atoms with Crippen molar-refractivity contribution in [2.75, 3.05) is 19.4 Å². The van der Waals surface area contributed by atoms with Gasteiger partial charge in [-0.2, -0.15) is 0 Å². The molecule has 4 nitrogen and oxygen atoms in total. The van der Waals surface area contributed by atoms with Crippen LogP contribution in [0.25, 0.3) is 0 Å². The highest BCUT2D eigenvalue weighted by atomic mass is 16.2. The summed E-state index contributed by atoms with van der Waals surface area (Å²) in [5, 5.41) is 6.08. The van der Waals surface area contributed by atoms with E-state index in [1.807, 2.05) is 45.2 Å². The monoisotopic (exact) mass is 249 g/mol. The van der Waals surface area contributed by atoms with Gasteiger partial charge in [0.25, 0.3) is 0 Å². The van der Waals surface area contributed by atoms with E-state index in [2.05, 4.69) is 17.6 Å². The number of rotatable bonds is 4. The van der Waals surface area contributed by atoms with Gasteiger partial charge in [0.2, 0.25) is 0 Å². The minimum atomic E-state index is -0.0840. The fraction of sp³-hybridized carbons (Fsp3) is 0.500. The van der Waals surface area contributed by atoms with Crippen LogP contribution in [0.15, 0.2) is 24.3 Å². The molecule has 2 N–H and O–H groups in total. The molecule has 0 saturated carbocycles. The van der Waals surface area contributed by atoms with Gasteiger partial charge in [-0.05, 0) is 45.5 Å². The van der Waals surface area contributed by atoms with E-state index < -0.39 is 0 Å². The number of amides is 2. The molecule has 100 valence electrons. The molecular formula is C14H23N3O. The highest BCUT2D eigenvalue weighted by Gasteiger charge is 2.12. The Morgan fingerprint density at radius 3 is 2.50 bits per heavy atom. The van der Waals surface area contributed by atoms with Crippen LogP contribution in [0.2, 0.25) is 0 Å². The van der Waals surface area contributed by atoms with Gasteiger partial charge in [0, 0.05) is 24.8 Å². The summed E-state index contributed by atoms with van der Waals surface area (Å²) in [5.41, 5.74) is 1.98. The Morgan fingerprint density at radius 1 is 1.28 bits per heavy atom. The Labute approximate surface area is 109 Å². The van der Waals surface area contributed by atoms with Gasteiger partial charge in [0.05, 0.1) is 0 Å². The van der Waals surface area contributed by atoms with E-state index in [0.717, 1.165) is 11.3 Å². The number of carbonyl (C=O) groups excluding carboxylic acids is 1. The van der Waals surface area contributed by atoms with Crippen molar-refractivity contribution in [2.24, 2.45) is 0 Å². The van der Waals surface area contributed by atoms with Crippen LogP contribution < -0.4 is 10.6 Å². The largest absolute Gasteiger partial charge is 0.325 e. The minimum absolute atomic E-state index is 0.0840. The molecule has 0 saturated heterocycles. The first-order chi connectivity index (χ1) is 8.45. The molecule has 0 aliphatic heterocycles. The molecule has 2 amide bonds. The summed E-state index contributed by atoms with van der Waals surface area (Å²) in [4.78, 5) is 13.6. The summed E-state index contributed by atoms with van der Waals surface area (Å²) in [6, 6.07) is 8.26. The standard InChI is InChI=1S/C14H23N3O/c1-10(2)17(5)14(18)16-13-8-6-7-12(9-13)11(3)15-4/h6-11,15H,1-5H3,(H,16,18). The highest BCUT2D eigenvalue weighted by Crippen LogP contribution is 2.17. The second kappa shape index (κ2) is 6.40. The van der Waals surface area contributed by atoms with E-state index >= 15 is 0 Å². The molecule has 0 spiro atoms. The molecule has 0 heterocycles. The van der Waals surface area contributed by atoms with Gasteiger partial charge in [-0.3, -0.25) is 0 Å². The van der Waals surface area contributed by atoms with Gasteiger partial charge < -0.3 is 15.5 Å². The molecule has 1 aromatic carbocycles. The van der Waals surface area contributed by atoms with Crippen LogP contribution in [0.4, 0.5) is 10.5 Å². The molecule has 0 aliphatic rings. The summed E-state index contributed by atoms with van der Waals surface area (Å²) < 4.78 is 0. The van der Waals surface area contributed by atoms with E-state index in [4.69, 9.17) is 0 Å². The fourth-order valence-corrected chi connectivity index (χ4v) is 1.50. The number of urea groups is 1. The van der Waals surface area contributed by atoms with Gasteiger partial charge in [0.15, 0.2) is 0 Å². The molecule has 0 radical (unpaired) electrons. The molecule has 0 aliphatic carbocycles. The number of nitrogens with zero attached hydrogens (tertiary/aromatic N) is 1. The third-order valence-corrected chi connectivity index (χ3v) is 3.17. The van der Waals surface area contributed by atoms with Crippen molar-refractivity contribution in [3.63, 3.8) is 0 Å². The Kier molecular flexibility index (Phi) is 5.16. The maximum Gasteiger partial charge on any atom is 0.321 e. The van der Waals surface area contributed by atoms with Crippen LogP contribution in [0.3, 0.4) is 0 Å². The van der Waals surface area contributed by atoms with Gasteiger partial charge >= 0.3 is 6.03 Å². The van der Waals surface area contributed by atoms with Crippen molar-refractivity contribution in [1.82, 2.24) is 10.2 Å². The first kappa shape index (κ1) is 14.5. The molecule has 18 heavy (non-hydrogen) atoms. The molecule has 1 aromatic rings. The summed E-state index contributed by atoms with van der Waals surface area (Å²) in [7, 11) is 3.71. The summed E-state index contributed by atoms with van der Waals surface area (Å²) in [6.07, 6.45) is 0. The lowest BCUT2D eigenvalue weighted by molar-refractivity contribution is 0.211. The molecule has 0 aromatic heterocycles. The zero-order valence-corrected chi connectivity index (χ0v) is 11.8. The van der Waals surface area contributed by atoms with E-state index in [-0.39, 0.29) is 18.1 Å². The maximum absolute atomic E-state index is 11.9. The Hall–Kier alpha value is -1.55. The molecular weight excluding hydrogens is 226 g/mol. The number of anilines is 1. The van der Waals surface area contributed by atoms with Crippen LogP contribution in [0.5, 0.6) is 0 Å². The predicted molar refractivity (Wildman–Crippen MR) is 75.8 cm³/mol. The zero-order chi connectivity index (χ0) is 13.7. The average Bonchev–Trinajstić information content (AvgIpc) is 2.36. The second-order valence-corrected chi connectivity index (χ2v) is 4.77. The van der Waals surface area contributed by atoms with E-state index in [9.17, 15) is 4.79 Å². The first-order valence-electron chi connectivity index (χ1n) is 6.26. The Balaban J connectivity index is 2.76. The molecule has 0 fully saturated rings. The van der Waals surface area contributed by atoms with Crippen LogP contribution in [-0.2, 0) is 0 Å². The van der Waals surface area contributed by atoms with Crippen molar-refractivity contribution in [1.29, 1.82) is 0 Å². The van der Waals surface area contributed by atoms with Crippen LogP contribution >= 0.6 is 0 Å². The van der Waals surface area contributed by atoms with E-state index in [1.54, 1.807) is 11.9 Å². The van der Waals surface area contributed by atoms with E-state index in [0.29, 0.717) is 0 Å². The quantitative estimate of drug-likeness (QED) is 0.861. The lowest BCUT2D eigenvalue weighted by atomic mass is 10.1. The average molecular weight is 249 g/mol. The lowest BCUT2D eigenvalue weighted by Crippen LogP contribution is -2.36. The van der Waals surface area contributed by atoms with Crippen molar-refractivity contribution in [3.8, 4) is 0 Å². The van der Waals surface area contributed by atoms with Gasteiger partial charge in [-0.1, -0.05) is 12.1 Å². The SMILES string of the molecule is CNC(C)c1cccc(NC(=O)N(C)C(C)C)c1. The molecule has 0 bridgehead atoms. The number of hydrogen-bond acceptors (Lipinski definition) is 2. The van der Waals surface area contributed by atoms with Crippen molar-refractivity contribution < 1.29 is 4.79 Å². The molecule has 1 unspecified atom stereocenters. The van der Waals surface area contributed by atoms with Crippen molar-refractivity contribution >= 4 is 11.7 Å². The van der Waals surface area contributed by atoms with Crippen LogP contribution in [-0.4, -0.2) is 31.1 Å². The molecule has 1 atom stereocenters. The van der Waals surface area contributed by atoms with Crippen molar-refractivity contribution in [3.05, 3.63) is 29.8 Å². The Bertz CT molecular complexity index is 404. The Morgan fingerprint density at radius 2 is 1.94 bits per heavy atom. The predicted octanol–water partition coefficient (Wildman–Crippen LogP) is 2.84. The number of carbonyl (C=O) groups is 1. The van der Waals surface area contributed by atoms with Crippen LogP contribution in [0.1, 0.15) is 32.4 Å². The number of hydrogen-bond donors (Lipinski definition) is 2. The topological polar surface area (TPSA) is 44.4 Å². The van der Waals surface area contributed by atoms with Gasteiger partial charge in [-0.25, -0.2) is 4.79 Å². The summed E-state index contributed by atoms with van der Waals surface area (Å²) in [5.74, 6) is 0. The molecule has 4 heteroatoms. The number of nitrogens with one attached hydrogen (secondary N) is 2. The summed E-state index contributed by atoms with van der Waals surface area (Å²) in [6.45, 7) is 6.05. The van der Waals surface area contributed by atoms with Gasteiger partial charge in [0.1, 0.15) is 0 Å².